The number of rotatable bonds is 8. The number of nitrogens with one attached hydrogen (secondary N) is 2. The van der Waals surface area contributed by atoms with Gasteiger partial charge in [0, 0.05) is 11.6 Å². The molecule has 3 rings (SSSR count). The quantitative estimate of drug-likeness (QED) is 0.518. The van der Waals surface area contributed by atoms with Crippen LogP contribution in [0.1, 0.15) is 5.56 Å². The molecular weight excluding hydrogens is 428 g/mol. The standard InChI is InChI=1S/C21H19ClN2O5S/c22-19-8-4-3-7-17(19)12-23-20(25)14-29-21(26)13-24-30(27,28)18-10-9-15-5-1-2-6-16(15)11-18/h1-11,24H,12-14H2,(H,23,25). The summed E-state index contributed by atoms with van der Waals surface area (Å²) in [6.07, 6.45) is 0. The van der Waals surface area contributed by atoms with Gasteiger partial charge in [0.05, 0.1) is 4.90 Å². The molecule has 3 aromatic carbocycles. The van der Waals surface area contributed by atoms with Crippen molar-refractivity contribution in [3.63, 3.8) is 0 Å². The van der Waals surface area contributed by atoms with E-state index in [-0.39, 0.29) is 11.4 Å². The van der Waals surface area contributed by atoms with Crippen LogP contribution in [-0.4, -0.2) is 33.4 Å². The fourth-order valence-electron chi connectivity index (χ4n) is 2.66. The number of sulfonamides is 1. The molecule has 0 radical (unpaired) electrons. The molecule has 7 nitrogen and oxygen atoms in total. The summed E-state index contributed by atoms with van der Waals surface area (Å²) in [5.41, 5.74) is 0.724. The summed E-state index contributed by atoms with van der Waals surface area (Å²) in [5.74, 6) is -1.40. The second kappa shape index (κ2) is 9.71. The molecule has 0 unspecified atom stereocenters. The molecule has 0 aliphatic carbocycles. The van der Waals surface area contributed by atoms with E-state index in [9.17, 15) is 18.0 Å². The van der Waals surface area contributed by atoms with E-state index in [1.54, 1.807) is 42.5 Å². The number of carbonyl (C=O) groups excluding carboxylic acids is 2. The summed E-state index contributed by atoms with van der Waals surface area (Å²) in [4.78, 5) is 23.7. The van der Waals surface area contributed by atoms with E-state index in [4.69, 9.17) is 16.3 Å². The van der Waals surface area contributed by atoms with Gasteiger partial charge in [-0.1, -0.05) is 60.1 Å². The highest BCUT2D eigenvalue weighted by atomic mass is 35.5. The van der Waals surface area contributed by atoms with Crippen LogP contribution in [0.3, 0.4) is 0 Å². The zero-order valence-corrected chi connectivity index (χ0v) is 17.4. The first kappa shape index (κ1) is 21.8. The van der Waals surface area contributed by atoms with E-state index < -0.39 is 35.1 Å². The third kappa shape index (κ3) is 5.79. The first-order valence-corrected chi connectivity index (χ1v) is 10.9. The number of amides is 1. The van der Waals surface area contributed by atoms with Crippen LogP contribution in [0.25, 0.3) is 10.8 Å². The Hall–Kier alpha value is -2.94. The van der Waals surface area contributed by atoms with Crippen LogP contribution < -0.4 is 10.0 Å². The van der Waals surface area contributed by atoms with E-state index in [2.05, 4.69) is 10.0 Å². The van der Waals surface area contributed by atoms with Gasteiger partial charge in [-0.2, -0.15) is 4.72 Å². The van der Waals surface area contributed by atoms with E-state index in [0.29, 0.717) is 5.02 Å². The number of halogens is 1. The fraction of sp³-hybridized carbons (Fsp3) is 0.143. The summed E-state index contributed by atoms with van der Waals surface area (Å²) in [6, 6.07) is 19.0. The molecule has 3 aromatic rings. The summed E-state index contributed by atoms with van der Waals surface area (Å²) in [6.45, 7) is -0.932. The van der Waals surface area contributed by atoms with Crippen LogP contribution in [0.4, 0.5) is 0 Å². The van der Waals surface area contributed by atoms with Crippen molar-refractivity contribution >= 4 is 44.3 Å². The Morgan fingerprint density at radius 1 is 0.933 bits per heavy atom. The smallest absolute Gasteiger partial charge is 0.321 e. The Balaban J connectivity index is 1.47. The Morgan fingerprint density at radius 2 is 1.63 bits per heavy atom. The van der Waals surface area contributed by atoms with Gasteiger partial charge >= 0.3 is 5.97 Å². The second-order valence-electron chi connectivity index (χ2n) is 6.36. The van der Waals surface area contributed by atoms with Crippen molar-refractivity contribution in [2.45, 2.75) is 11.4 Å². The molecule has 9 heteroatoms. The monoisotopic (exact) mass is 446 g/mol. The largest absolute Gasteiger partial charge is 0.455 e. The molecule has 156 valence electrons. The van der Waals surface area contributed by atoms with Gasteiger partial charge in [-0.15, -0.1) is 0 Å². The van der Waals surface area contributed by atoms with Crippen molar-refractivity contribution in [2.75, 3.05) is 13.2 Å². The minimum absolute atomic E-state index is 0.0338. The molecule has 30 heavy (non-hydrogen) atoms. The van der Waals surface area contributed by atoms with Crippen molar-refractivity contribution in [2.24, 2.45) is 0 Å². The Kier molecular flexibility index (Phi) is 7.04. The number of benzene rings is 3. The minimum atomic E-state index is -3.90. The van der Waals surface area contributed by atoms with Crippen molar-refractivity contribution in [3.05, 3.63) is 77.3 Å². The number of hydrogen-bond acceptors (Lipinski definition) is 5. The highest BCUT2D eigenvalue weighted by molar-refractivity contribution is 7.89. The lowest BCUT2D eigenvalue weighted by molar-refractivity contribution is -0.147. The molecule has 0 aliphatic heterocycles. The molecule has 1 amide bonds. The molecule has 0 fully saturated rings. The predicted molar refractivity (Wildman–Crippen MR) is 113 cm³/mol. The summed E-state index contributed by atoms with van der Waals surface area (Å²) in [5, 5.41) is 4.75. The normalized spacial score (nSPS) is 11.2. The molecule has 0 atom stereocenters. The number of hydrogen-bond donors (Lipinski definition) is 2. The van der Waals surface area contributed by atoms with E-state index in [1.165, 1.54) is 12.1 Å². The van der Waals surface area contributed by atoms with Gasteiger partial charge in [0.2, 0.25) is 10.0 Å². The van der Waals surface area contributed by atoms with Gasteiger partial charge < -0.3 is 10.1 Å². The van der Waals surface area contributed by atoms with Crippen molar-refractivity contribution in [3.8, 4) is 0 Å². The number of ether oxygens (including phenoxy) is 1. The predicted octanol–water partition coefficient (Wildman–Crippen LogP) is 2.63. The van der Waals surface area contributed by atoms with Gasteiger partial charge in [-0.25, -0.2) is 8.42 Å². The van der Waals surface area contributed by atoms with Gasteiger partial charge in [-0.3, -0.25) is 9.59 Å². The molecule has 0 bridgehead atoms. The zero-order chi connectivity index (χ0) is 21.6. The number of esters is 1. The lowest BCUT2D eigenvalue weighted by Gasteiger charge is -2.09. The first-order chi connectivity index (χ1) is 14.3. The maximum absolute atomic E-state index is 12.4. The van der Waals surface area contributed by atoms with E-state index in [0.717, 1.165) is 16.3 Å². The third-order valence-corrected chi connectivity index (χ3v) is 6.00. The molecule has 0 saturated carbocycles. The van der Waals surface area contributed by atoms with Crippen LogP contribution in [0.2, 0.25) is 5.02 Å². The molecule has 0 aromatic heterocycles. The Bertz CT molecular complexity index is 1180. The van der Waals surface area contributed by atoms with E-state index >= 15 is 0 Å². The lowest BCUT2D eigenvalue weighted by atomic mass is 10.1. The fourth-order valence-corrected chi connectivity index (χ4v) is 3.86. The van der Waals surface area contributed by atoms with Gasteiger partial charge in [0.1, 0.15) is 6.54 Å². The molecule has 0 aliphatic rings. The van der Waals surface area contributed by atoms with Crippen LogP contribution in [0.15, 0.2) is 71.6 Å². The van der Waals surface area contributed by atoms with Gasteiger partial charge in [0.25, 0.3) is 5.91 Å². The lowest BCUT2D eigenvalue weighted by Crippen LogP contribution is -2.33. The van der Waals surface area contributed by atoms with Crippen molar-refractivity contribution in [1.82, 2.24) is 10.0 Å². The minimum Gasteiger partial charge on any atom is -0.455 e. The average molecular weight is 447 g/mol. The molecular formula is C21H19ClN2O5S. The van der Waals surface area contributed by atoms with Crippen LogP contribution >= 0.6 is 11.6 Å². The highest BCUT2D eigenvalue weighted by Gasteiger charge is 2.17. The molecule has 0 heterocycles. The van der Waals surface area contributed by atoms with Crippen molar-refractivity contribution in [1.29, 1.82) is 0 Å². The van der Waals surface area contributed by atoms with E-state index in [1.807, 2.05) is 12.1 Å². The molecule has 2 N–H and O–H groups in total. The second-order valence-corrected chi connectivity index (χ2v) is 8.54. The SMILES string of the molecule is O=C(COC(=O)CNS(=O)(=O)c1ccc2ccccc2c1)NCc1ccccc1Cl. The average Bonchev–Trinajstić information content (AvgIpc) is 2.75. The van der Waals surface area contributed by atoms with Crippen LogP contribution in [0.5, 0.6) is 0 Å². The maximum atomic E-state index is 12.4. The summed E-state index contributed by atoms with van der Waals surface area (Å²) >= 11 is 6.00. The molecule has 0 spiro atoms. The topological polar surface area (TPSA) is 102 Å². The highest BCUT2D eigenvalue weighted by Crippen LogP contribution is 2.18. The van der Waals surface area contributed by atoms with Gasteiger partial charge in [0.15, 0.2) is 6.61 Å². The Morgan fingerprint density at radius 3 is 2.40 bits per heavy atom. The van der Waals surface area contributed by atoms with Crippen molar-refractivity contribution < 1.29 is 22.7 Å². The van der Waals surface area contributed by atoms with Gasteiger partial charge in [-0.05, 0) is 34.5 Å². The van der Waals surface area contributed by atoms with Crippen LogP contribution in [0, 0.1) is 0 Å². The number of carbonyl (C=O) groups is 2. The third-order valence-electron chi connectivity index (χ3n) is 4.24. The maximum Gasteiger partial charge on any atom is 0.321 e. The van der Waals surface area contributed by atoms with Crippen LogP contribution in [-0.2, 0) is 30.9 Å². The first-order valence-electron chi connectivity index (χ1n) is 8.99. The summed E-state index contributed by atoms with van der Waals surface area (Å²) < 4.78 is 31.8. The number of fused-ring (bicyclic) bond motifs is 1. The summed E-state index contributed by atoms with van der Waals surface area (Å²) in [7, 11) is -3.90. The Labute approximate surface area is 179 Å². The zero-order valence-electron chi connectivity index (χ0n) is 15.8. The molecule has 0 saturated heterocycles.